The van der Waals surface area contributed by atoms with Gasteiger partial charge in [0.25, 0.3) is 0 Å². The summed E-state index contributed by atoms with van der Waals surface area (Å²) in [5, 5.41) is 3.52. The minimum absolute atomic E-state index is 0.267. The highest BCUT2D eigenvalue weighted by Crippen LogP contribution is 2.29. The molecule has 29 heavy (non-hydrogen) atoms. The normalized spacial score (nSPS) is 14.6. The molecule has 2 heterocycles. The SMILES string of the molecule is CN1CCN(c2ccc(Nc3ncc(Cl)c(Oc4cccc(N)c4)n3)cc2)CC1. The van der Waals surface area contributed by atoms with Crippen LogP contribution in [0.3, 0.4) is 0 Å². The topological polar surface area (TPSA) is 79.5 Å². The van der Waals surface area contributed by atoms with Crippen LogP contribution in [0.5, 0.6) is 11.6 Å². The van der Waals surface area contributed by atoms with Gasteiger partial charge in [0, 0.05) is 49.3 Å². The number of ether oxygens (including phenoxy) is 1. The molecule has 1 saturated heterocycles. The van der Waals surface area contributed by atoms with Gasteiger partial charge >= 0.3 is 0 Å². The van der Waals surface area contributed by atoms with Gasteiger partial charge in [-0.3, -0.25) is 0 Å². The smallest absolute Gasteiger partial charge is 0.243 e. The zero-order valence-electron chi connectivity index (χ0n) is 16.2. The number of nitrogens with two attached hydrogens (primary N) is 1. The summed E-state index contributed by atoms with van der Waals surface area (Å²) in [6.45, 7) is 4.23. The Hall–Kier alpha value is -3.03. The van der Waals surface area contributed by atoms with Gasteiger partial charge < -0.3 is 25.6 Å². The summed E-state index contributed by atoms with van der Waals surface area (Å²) >= 11 is 6.19. The summed E-state index contributed by atoms with van der Waals surface area (Å²) < 4.78 is 5.76. The summed E-state index contributed by atoms with van der Waals surface area (Å²) in [5.41, 5.74) is 8.50. The number of hydrogen-bond donors (Lipinski definition) is 2. The van der Waals surface area contributed by atoms with Crippen molar-refractivity contribution in [2.75, 3.05) is 49.2 Å². The van der Waals surface area contributed by atoms with Crippen LogP contribution >= 0.6 is 11.6 Å². The van der Waals surface area contributed by atoms with E-state index in [1.54, 1.807) is 24.3 Å². The molecule has 1 aliphatic heterocycles. The molecular weight excluding hydrogens is 388 g/mol. The zero-order chi connectivity index (χ0) is 20.2. The standard InChI is InChI=1S/C21H23ClN6O/c1-27-9-11-28(12-10-27)17-7-5-16(6-8-17)25-21-24-14-19(22)20(26-21)29-18-4-2-3-15(23)13-18/h2-8,13-14H,9-12,23H2,1H3,(H,24,25,26). The Morgan fingerprint density at radius 1 is 1.07 bits per heavy atom. The second-order valence-electron chi connectivity index (χ2n) is 6.98. The van der Waals surface area contributed by atoms with E-state index in [1.165, 1.54) is 11.9 Å². The van der Waals surface area contributed by atoms with Gasteiger partial charge in [-0.25, -0.2) is 4.98 Å². The average molecular weight is 411 g/mol. The largest absolute Gasteiger partial charge is 0.437 e. The third-order valence-corrected chi connectivity index (χ3v) is 5.04. The van der Waals surface area contributed by atoms with Crippen LogP contribution < -0.4 is 20.7 Å². The van der Waals surface area contributed by atoms with Crippen LogP contribution in [0.4, 0.5) is 23.0 Å². The maximum absolute atomic E-state index is 6.19. The van der Waals surface area contributed by atoms with Gasteiger partial charge in [0.1, 0.15) is 10.8 Å². The predicted octanol–water partition coefficient (Wildman–Crippen LogP) is 4.00. The third kappa shape index (κ3) is 4.88. The number of hydrogen-bond acceptors (Lipinski definition) is 7. The first-order valence-corrected chi connectivity index (χ1v) is 9.81. The van der Waals surface area contributed by atoms with E-state index in [4.69, 9.17) is 22.1 Å². The van der Waals surface area contributed by atoms with E-state index in [1.807, 2.05) is 12.1 Å². The first-order valence-electron chi connectivity index (χ1n) is 9.43. The molecule has 3 aromatic rings. The van der Waals surface area contributed by atoms with Crippen molar-refractivity contribution in [3.05, 3.63) is 59.8 Å². The molecule has 8 heteroatoms. The Kier molecular flexibility index (Phi) is 5.69. The second-order valence-corrected chi connectivity index (χ2v) is 7.39. The summed E-state index contributed by atoms with van der Waals surface area (Å²) in [5.74, 6) is 1.23. The number of anilines is 4. The Balaban J connectivity index is 1.45. The molecule has 0 atom stereocenters. The highest BCUT2D eigenvalue weighted by Gasteiger charge is 2.14. The lowest BCUT2D eigenvalue weighted by Gasteiger charge is -2.34. The number of nitrogen functional groups attached to an aromatic ring is 1. The Morgan fingerprint density at radius 2 is 1.83 bits per heavy atom. The molecule has 0 unspecified atom stereocenters. The summed E-state index contributed by atoms with van der Waals surface area (Å²) in [7, 11) is 2.15. The zero-order valence-corrected chi connectivity index (χ0v) is 16.9. The van der Waals surface area contributed by atoms with Crippen LogP contribution in [-0.2, 0) is 0 Å². The minimum Gasteiger partial charge on any atom is -0.437 e. The van der Waals surface area contributed by atoms with Crippen LogP contribution in [0.2, 0.25) is 5.02 Å². The third-order valence-electron chi connectivity index (χ3n) is 4.78. The summed E-state index contributed by atoms with van der Waals surface area (Å²) in [6, 6.07) is 15.3. The minimum atomic E-state index is 0.267. The molecular formula is C21H23ClN6O. The van der Waals surface area contributed by atoms with Crippen molar-refractivity contribution < 1.29 is 4.74 Å². The lowest BCUT2D eigenvalue weighted by molar-refractivity contribution is 0.313. The monoisotopic (exact) mass is 410 g/mol. The molecule has 0 bridgehead atoms. The number of likely N-dealkylation sites (N-methyl/N-ethyl adjacent to an activating group) is 1. The van der Waals surface area contributed by atoms with Crippen LogP contribution in [-0.4, -0.2) is 48.1 Å². The van der Waals surface area contributed by atoms with E-state index in [2.05, 4.69) is 44.3 Å². The molecule has 1 aromatic heterocycles. The lowest BCUT2D eigenvalue weighted by atomic mass is 10.2. The van der Waals surface area contributed by atoms with Gasteiger partial charge in [-0.2, -0.15) is 4.98 Å². The fourth-order valence-electron chi connectivity index (χ4n) is 3.12. The van der Waals surface area contributed by atoms with Crippen LogP contribution in [0.25, 0.3) is 0 Å². The van der Waals surface area contributed by atoms with Crippen molar-refractivity contribution in [1.29, 1.82) is 0 Å². The van der Waals surface area contributed by atoms with E-state index >= 15 is 0 Å². The fourth-order valence-corrected chi connectivity index (χ4v) is 3.25. The maximum Gasteiger partial charge on any atom is 0.243 e. The van der Waals surface area contributed by atoms with Gasteiger partial charge in [0.05, 0.1) is 6.20 Å². The predicted molar refractivity (Wildman–Crippen MR) is 117 cm³/mol. The Bertz CT molecular complexity index is 973. The van der Waals surface area contributed by atoms with Gasteiger partial charge in [-0.05, 0) is 43.4 Å². The highest BCUT2D eigenvalue weighted by molar-refractivity contribution is 6.31. The number of piperazine rings is 1. The van der Waals surface area contributed by atoms with E-state index < -0.39 is 0 Å². The van der Waals surface area contributed by atoms with Gasteiger partial charge in [0.2, 0.25) is 11.8 Å². The first-order chi connectivity index (χ1) is 14.1. The fraction of sp³-hybridized carbons (Fsp3) is 0.238. The number of nitrogens with zero attached hydrogens (tertiary/aromatic N) is 4. The Morgan fingerprint density at radius 3 is 2.55 bits per heavy atom. The number of halogens is 1. The molecule has 0 spiro atoms. The number of rotatable bonds is 5. The molecule has 3 N–H and O–H groups in total. The molecule has 7 nitrogen and oxygen atoms in total. The van der Waals surface area contributed by atoms with Crippen molar-refractivity contribution in [2.45, 2.75) is 0 Å². The van der Waals surface area contributed by atoms with Crippen molar-refractivity contribution >= 4 is 34.6 Å². The van der Waals surface area contributed by atoms with Gasteiger partial charge in [0.15, 0.2) is 0 Å². The number of aromatic nitrogens is 2. The number of benzene rings is 2. The summed E-state index contributed by atoms with van der Waals surface area (Å²) in [4.78, 5) is 13.3. The van der Waals surface area contributed by atoms with E-state index in [0.29, 0.717) is 22.4 Å². The molecule has 1 fully saturated rings. The lowest BCUT2D eigenvalue weighted by Crippen LogP contribution is -2.44. The Labute approximate surface area is 175 Å². The molecule has 0 radical (unpaired) electrons. The van der Waals surface area contributed by atoms with Crippen LogP contribution in [0.1, 0.15) is 0 Å². The molecule has 0 amide bonds. The van der Waals surface area contributed by atoms with E-state index in [9.17, 15) is 0 Å². The van der Waals surface area contributed by atoms with Crippen molar-refractivity contribution in [2.24, 2.45) is 0 Å². The molecule has 150 valence electrons. The second kappa shape index (κ2) is 8.55. The van der Waals surface area contributed by atoms with Gasteiger partial charge in [-0.15, -0.1) is 0 Å². The van der Waals surface area contributed by atoms with Gasteiger partial charge in [-0.1, -0.05) is 17.7 Å². The first kappa shape index (κ1) is 19.3. The molecule has 0 aliphatic carbocycles. The van der Waals surface area contributed by atoms with E-state index in [-0.39, 0.29) is 5.88 Å². The molecule has 2 aromatic carbocycles. The molecule has 4 rings (SSSR count). The average Bonchev–Trinajstić information content (AvgIpc) is 2.72. The quantitative estimate of drug-likeness (QED) is 0.615. The van der Waals surface area contributed by atoms with Crippen molar-refractivity contribution in [3.63, 3.8) is 0 Å². The van der Waals surface area contributed by atoms with Crippen LogP contribution in [0.15, 0.2) is 54.7 Å². The molecule has 1 aliphatic rings. The number of nitrogens with one attached hydrogen (secondary N) is 1. The molecule has 0 saturated carbocycles. The highest BCUT2D eigenvalue weighted by atomic mass is 35.5. The van der Waals surface area contributed by atoms with Crippen molar-refractivity contribution in [3.8, 4) is 11.6 Å². The summed E-state index contributed by atoms with van der Waals surface area (Å²) in [6.07, 6.45) is 1.51. The maximum atomic E-state index is 6.19. The van der Waals surface area contributed by atoms with E-state index in [0.717, 1.165) is 31.9 Å². The van der Waals surface area contributed by atoms with Crippen LogP contribution in [0, 0.1) is 0 Å². The van der Waals surface area contributed by atoms with Crippen molar-refractivity contribution in [1.82, 2.24) is 14.9 Å².